The Morgan fingerprint density at radius 3 is 2.69 bits per heavy atom. The standard InChI is InChI=1S/C12H19NOS2/c1-2-11(13)10-16(14)9-8-15-12-6-4-3-5-7-12/h3-7,11H,2,8-10,13H2,1H3. The van der Waals surface area contributed by atoms with E-state index < -0.39 is 10.8 Å². The second-order valence-electron chi connectivity index (χ2n) is 3.64. The molecule has 2 nitrogen and oxygen atoms in total. The lowest BCUT2D eigenvalue weighted by atomic mass is 10.3. The van der Waals surface area contributed by atoms with Crippen LogP contribution in [0.3, 0.4) is 0 Å². The van der Waals surface area contributed by atoms with Crippen molar-refractivity contribution in [1.29, 1.82) is 0 Å². The van der Waals surface area contributed by atoms with Crippen LogP contribution in [0.4, 0.5) is 0 Å². The first kappa shape index (κ1) is 13.7. The van der Waals surface area contributed by atoms with Crippen molar-refractivity contribution in [2.24, 2.45) is 5.73 Å². The SMILES string of the molecule is CCC(N)CS(=O)CCSc1ccccc1. The average molecular weight is 257 g/mol. The molecule has 0 fully saturated rings. The molecule has 0 aromatic heterocycles. The summed E-state index contributed by atoms with van der Waals surface area (Å²) in [5, 5.41) is 0. The number of benzene rings is 1. The summed E-state index contributed by atoms with van der Waals surface area (Å²) in [4.78, 5) is 1.24. The fourth-order valence-corrected chi connectivity index (χ4v) is 3.75. The first-order chi connectivity index (χ1) is 7.72. The van der Waals surface area contributed by atoms with Crippen LogP contribution in [-0.4, -0.2) is 27.5 Å². The number of nitrogens with two attached hydrogens (primary N) is 1. The van der Waals surface area contributed by atoms with Gasteiger partial charge in [-0.2, -0.15) is 0 Å². The molecule has 0 amide bonds. The smallest absolute Gasteiger partial charge is 0.0386 e. The number of hydrogen-bond acceptors (Lipinski definition) is 3. The summed E-state index contributed by atoms with van der Waals surface area (Å²) < 4.78 is 11.6. The molecule has 2 atom stereocenters. The van der Waals surface area contributed by atoms with Gasteiger partial charge in [0.1, 0.15) is 0 Å². The largest absolute Gasteiger partial charge is 0.327 e. The molecule has 0 aliphatic carbocycles. The summed E-state index contributed by atoms with van der Waals surface area (Å²) in [6, 6.07) is 10.3. The number of rotatable bonds is 7. The Labute approximate surface area is 104 Å². The van der Waals surface area contributed by atoms with Gasteiger partial charge in [0.2, 0.25) is 0 Å². The minimum atomic E-state index is -0.769. The number of hydrogen-bond donors (Lipinski definition) is 1. The molecule has 0 bridgehead atoms. The number of thioether (sulfide) groups is 1. The second-order valence-corrected chi connectivity index (χ2v) is 6.43. The van der Waals surface area contributed by atoms with Crippen molar-refractivity contribution < 1.29 is 4.21 Å². The fraction of sp³-hybridized carbons (Fsp3) is 0.500. The molecule has 1 aromatic rings. The third kappa shape index (κ3) is 5.68. The van der Waals surface area contributed by atoms with Gasteiger partial charge in [-0.25, -0.2) is 0 Å². The zero-order valence-electron chi connectivity index (χ0n) is 9.59. The predicted octanol–water partition coefficient (Wildman–Crippen LogP) is 2.26. The van der Waals surface area contributed by atoms with E-state index in [9.17, 15) is 4.21 Å². The van der Waals surface area contributed by atoms with Crippen molar-refractivity contribution in [3.8, 4) is 0 Å². The molecule has 0 aliphatic rings. The second kappa shape index (κ2) is 7.87. The zero-order valence-corrected chi connectivity index (χ0v) is 11.2. The van der Waals surface area contributed by atoms with Gasteiger partial charge in [-0.1, -0.05) is 25.1 Å². The summed E-state index contributed by atoms with van der Waals surface area (Å²) in [5.41, 5.74) is 5.76. The van der Waals surface area contributed by atoms with Gasteiger partial charge in [0.25, 0.3) is 0 Å². The molecule has 0 heterocycles. The lowest BCUT2D eigenvalue weighted by molar-refractivity contribution is 0.664. The van der Waals surface area contributed by atoms with E-state index in [0.717, 1.165) is 17.9 Å². The molecule has 90 valence electrons. The average Bonchev–Trinajstić information content (AvgIpc) is 2.30. The molecule has 2 unspecified atom stereocenters. The maximum absolute atomic E-state index is 11.6. The van der Waals surface area contributed by atoms with Gasteiger partial charge >= 0.3 is 0 Å². The lowest BCUT2D eigenvalue weighted by Gasteiger charge is -2.07. The van der Waals surface area contributed by atoms with Crippen LogP contribution in [0.25, 0.3) is 0 Å². The Kier molecular flexibility index (Phi) is 6.76. The van der Waals surface area contributed by atoms with E-state index in [0.29, 0.717) is 5.75 Å². The van der Waals surface area contributed by atoms with Gasteiger partial charge < -0.3 is 5.73 Å². The normalized spacial score (nSPS) is 14.6. The Morgan fingerprint density at radius 2 is 2.06 bits per heavy atom. The van der Waals surface area contributed by atoms with E-state index >= 15 is 0 Å². The molecule has 0 saturated carbocycles. The minimum absolute atomic E-state index is 0.0857. The maximum atomic E-state index is 11.6. The summed E-state index contributed by atoms with van der Waals surface area (Å²) >= 11 is 1.75. The third-order valence-electron chi connectivity index (χ3n) is 2.25. The van der Waals surface area contributed by atoms with Gasteiger partial charge in [-0.15, -0.1) is 11.8 Å². The van der Waals surface area contributed by atoms with Crippen LogP contribution in [0.2, 0.25) is 0 Å². The lowest BCUT2D eigenvalue weighted by Crippen LogP contribution is -2.27. The minimum Gasteiger partial charge on any atom is -0.327 e. The Bertz CT molecular complexity index is 316. The summed E-state index contributed by atoms with van der Waals surface area (Å²) in [6.07, 6.45) is 0.900. The highest BCUT2D eigenvalue weighted by Crippen LogP contribution is 2.16. The molecule has 2 N–H and O–H groups in total. The van der Waals surface area contributed by atoms with Crippen molar-refractivity contribution in [3.05, 3.63) is 30.3 Å². The Balaban J connectivity index is 2.18. The summed E-state index contributed by atoms with van der Waals surface area (Å²) in [7, 11) is -0.769. The van der Waals surface area contributed by atoms with Crippen LogP contribution in [0.5, 0.6) is 0 Å². The van der Waals surface area contributed by atoms with Crippen molar-refractivity contribution in [1.82, 2.24) is 0 Å². The van der Waals surface area contributed by atoms with Crippen molar-refractivity contribution in [2.75, 3.05) is 17.3 Å². The van der Waals surface area contributed by atoms with E-state index in [-0.39, 0.29) is 6.04 Å². The monoisotopic (exact) mass is 257 g/mol. The molecular weight excluding hydrogens is 238 g/mol. The molecule has 0 saturated heterocycles. The first-order valence-corrected chi connectivity index (χ1v) is 7.98. The van der Waals surface area contributed by atoms with Crippen LogP contribution in [0, 0.1) is 0 Å². The van der Waals surface area contributed by atoms with Crippen molar-refractivity contribution >= 4 is 22.6 Å². The topological polar surface area (TPSA) is 43.1 Å². The van der Waals surface area contributed by atoms with E-state index in [2.05, 4.69) is 12.1 Å². The molecule has 1 aromatic carbocycles. The Morgan fingerprint density at radius 1 is 1.38 bits per heavy atom. The summed E-state index contributed by atoms with van der Waals surface area (Å²) in [6.45, 7) is 2.03. The van der Waals surface area contributed by atoms with Gasteiger partial charge in [0.05, 0.1) is 0 Å². The Hall–Kier alpha value is -0.320. The van der Waals surface area contributed by atoms with Gasteiger partial charge in [-0.3, -0.25) is 4.21 Å². The van der Waals surface area contributed by atoms with Crippen molar-refractivity contribution in [3.63, 3.8) is 0 Å². The van der Waals surface area contributed by atoms with E-state index in [4.69, 9.17) is 5.73 Å². The molecule has 1 rings (SSSR count). The van der Waals surface area contributed by atoms with Gasteiger partial charge in [0, 0.05) is 39.0 Å². The van der Waals surface area contributed by atoms with E-state index in [1.807, 2.05) is 25.1 Å². The quantitative estimate of drug-likeness (QED) is 0.762. The van der Waals surface area contributed by atoms with Gasteiger partial charge in [0.15, 0.2) is 0 Å². The van der Waals surface area contributed by atoms with E-state index in [1.54, 1.807) is 11.8 Å². The van der Waals surface area contributed by atoms with Crippen molar-refractivity contribution in [2.45, 2.75) is 24.3 Å². The molecular formula is C12H19NOS2. The van der Waals surface area contributed by atoms with Crippen LogP contribution in [0.1, 0.15) is 13.3 Å². The highest BCUT2D eigenvalue weighted by atomic mass is 32.2. The van der Waals surface area contributed by atoms with Crippen LogP contribution >= 0.6 is 11.8 Å². The van der Waals surface area contributed by atoms with E-state index in [1.165, 1.54) is 4.90 Å². The highest BCUT2D eigenvalue weighted by Gasteiger charge is 2.05. The third-order valence-corrected chi connectivity index (χ3v) is 4.98. The molecule has 0 aliphatic heterocycles. The molecule has 0 spiro atoms. The fourth-order valence-electron chi connectivity index (χ4n) is 1.21. The highest BCUT2D eigenvalue weighted by molar-refractivity contribution is 8.00. The summed E-state index contributed by atoms with van der Waals surface area (Å²) in [5.74, 6) is 2.26. The first-order valence-electron chi connectivity index (χ1n) is 5.50. The van der Waals surface area contributed by atoms with Gasteiger partial charge in [-0.05, 0) is 18.6 Å². The zero-order chi connectivity index (χ0) is 11.8. The van der Waals surface area contributed by atoms with Crippen LogP contribution in [-0.2, 0) is 10.8 Å². The maximum Gasteiger partial charge on any atom is 0.0386 e. The van der Waals surface area contributed by atoms with Crippen LogP contribution < -0.4 is 5.73 Å². The van der Waals surface area contributed by atoms with Crippen LogP contribution in [0.15, 0.2) is 35.2 Å². The molecule has 16 heavy (non-hydrogen) atoms. The molecule has 4 heteroatoms. The predicted molar refractivity (Wildman–Crippen MR) is 73.3 cm³/mol. The molecule has 0 radical (unpaired) electrons.